The number of carbonyl (C=O) groups excluding carboxylic acids is 2. The Morgan fingerprint density at radius 3 is 1.95 bits per heavy atom. The van der Waals surface area contributed by atoms with Crippen LogP contribution in [0.1, 0.15) is 51.9 Å². The summed E-state index contributed by atoms with van der Waals surface area (Å²) >= 11 is 4.20. The summed E-state index contributed by atoms with van der Waals surface area (Å²) in [6.07, 6.45) is 8.42. The quantitative estimate of drug-likeness (QED) is 0.382. The first-order valence-electron chi connectivity index (χ1n) is 7.89. The van der Waals surface area contributed by atoms with E-state index >= 15 is 0 Å². The van der Waals surface area contributed by atoms with Crippen LogP contribution in [0.2, 0.25) is 0 Å². The van der Waals surface area contributed by atoms with E-state index in [0.717, 1.165) is 25.1 Å². The van der Waals surface area contributed by atoms with Gasteiger partial charge in [0.2, 0.25) is 0 Å². The Morgan fingerprint density at radius 2 is 1.35 bits per heavy atom. The van der Waals surface area contributed by atoms with Crippen LogP contribution < -0.4 is 0 Å². The molecule has 0 spiro atoms. The molecule has 1 heterocycles. The van der Waals surface area contributed by atoms with Gasteiger partial charge < -0.3 is 9.80 Å². The smallest absolute Gasteiger partial charge is 0.312 e. The molecule has 0 aromatic heterocycles. The first-order chi connectivity index (χ1) is 9.70. The average molecular weight is 300 g/mol. The summed E-state index contributed by atoms with van der Waals surface area (Å²) in [7, 11) is 0. The maximum Gasteiger partial charge on any atom is 0.312 e. The molecule has 1 aliphatic heterocycles. The van der Waals surface area contributed by atoms with Crippen molar-refractivity contribution in [3.05, 3.63) is 0 Å². The molecule has 0 bridgehead atoms. The molecule has 116 valence electrons. The topological polar surface area (TPSA) is 40.6 Å². The van der Waals surface area contributed by atoms with Gasteiger partial charge in [-0.25, -0.2) is 0 Å². The van der Waals surface area contributed by atoms with Gasteiger partial charge in [0, 0.05) is 26.2 Å². The molecule has 0 unspecified atom stereocenters. The highest BCUT2D eigenvalue weighted by Gasteiger charge is 2.30. The molecule has 5 heteroatoms. The van der Waals surface area contributed by atoms with Crippen molar-refractivity contribution < 1.29 is 9.59 Å². The van der Waals surface area contributed by atoms with Crippen LogP contribution in [0.25, 0.3) is 0 Å². The molecule has 0 aromatic rings. The van der Waals surface area contributed by atoms with E-state index in [1.54, 1.807) is 9.80 Å². The molecule has 0 aromatic carbocycles. The zero-order chi connectivity index (χ0) is 14.8. The highest BCUT2D eigenvalue weighted by molar-refractivity contribution is 7.80. The van der Waals surface area contributed by atoms with E-state index in [-0.39, 0.29) is 11.8 Å². The number of hydrogen-bond acceptors (Lipinski definition) is 3. The second kappa shape index (κ2) is 10.1. The fourth-order valence-corrected chi connectivity index (χ4v) is 2.75. The lowest BCUT2D eigenvalue weighted by atomic mass is 10.1. The normalized spacial score (nSPS) is 16.1. The van der Waals surface area contributed by atoms with E-state index in [1.165, 1.54) is 32.1 Å². The van der Waals surface area contributed by atoms with Crippen molar-refractivity contribution in [1.82, 2.24) is 9.80 Å². The van der Waals surface area contributed by atoms with Crippen LogP contribution in [0.3, 0.4) is 0 Å². The van der Waals surface area contributed by atoms with Gasteiger partial charge in [-0.15, -0.1) is 0 Å². The zero-order valence-electron chi connectivity index (χ0n) is 12.6. The summed E-state index contributed by atoms with van der Waals surface area (Å²) in [5, 5.41) is 0. The van der Waals surface area contributed by atoms with Gasteiger partial charge in [0.1, 0.15) is 0 Å². The molecule has 0 aliphatic carbocycles. The molecule has 1 saturated heterocycles. The van der Waals surface area contributed by atoms with Gasteiger partial charge in [-0.2, -0.15) is 12.6 Å². The minimum Gasteiger partial charge on any atom is -0.333 e. The first-order valence-corrected chi connectivity index (χ1v) is 8.53. The van der Waals surface area contributed by atoms with E-state index in [4.69, 9.17) is 0 Å². The lowest BCUT2D eigenvalue weighted by molar-refractivity contribution is -0.155. The highest BCUT2D eigenvalue weighted by atomic mass is 32.1. The van der Waals surface area contributed by atoms with Crippen molar-refractivity contribution in [2.24, 2.45) is 0 Å². The summed E-state index contributed by atoms with van der Waals surface area (Å²) in [6.45, 7) is 4.66. The Kier molecular flexibility index (Phi) is 8.74. The van der Waals surface area contributed by atoms with Crippen molar-refractivity contribution in [1.29, 1.82) is 0 Å². The third-order valence-corrected chi connectivity index (χ3v) is 4.18. The molecule has 0 N–H and O–H groups in total. The van der Waals surface area contributed by atoms with E-state index in [1.807, 2.05) is 6.92 Å². The number of hydrogen-bond donors (Lipinski definition) is 1. The maximum absolute atomic E-state index is 11.9. The number of rotatable bonds is 10. The second-order valence-electron chi connectivity index (χ2n) is 5.38. The Bertz CT molecular complexity index is 310. The predicted molar refractivity (Wildman–Crippen MR) is 85.0 cm³/mol. The molecular formula is C15H28N2O2S. The number of likely N-dealkylation sites (N-methyl/N-ethyl adjacent to an activating group) is 1. The van der Waals surface area contributed by atoms with Gasteiger partial charge in [0.25, 0.3) is 0 Å². The number of amides is 2. The van der Waals surface area contributed by atoms with E-state index in [9.17, 15) is 9.59 Å². The maximum atomic E-state index is 11.9. The molecule has 1 aliphatic rings. The summed E-state index contributed by atoms with van der Waals surface area (Å²) in [6, 6.07) is 0. The third-order valence-electron chi connectivity index (χ3n) is 3.87. The largest absolute Gasteiger partial charge is 0.333 e. The fraction of sp³-hybridized carbons (Fsp3) is 0.867. The lowest BCUT2D eigenvalue weighted by Crippen LogP contribution is -2.54. The molecule has 0 atom stereocenters. The van der Waals surface area contributed by atoms with Gasteiger partial charge in [0.15, 0.2) is 0 Å². The van der Waals surface area contributed by atoms with Crippen molar-refractivity contribution in [2.45, 2.75) is 51.9 Å². The van der Waals surface area contributed by atoms with Crippen molar-refractivity contribution in [3.63, 3.8) is 0 Å². The summed E-state index contributed by atoms with van der Waals surface area (Å²) < 4.78 is 0. The highest BCUT2D eigenvalue weighted by Crippen LogP contribution is 2.10. The minimum absolute atomic E-state index is 0.313. The van der Waals surface area contributed by atoms with Crippen LogP contribution in [0.5, 0.6) is 0 Å². The SMILES string of the molecule is CCN1CCN(CCCCCCCCCS)C(=O)C1=O. The second-order valence-corrected chi connectivity index (χ2v) is 5.82. The standard InChI is InChI=1S/C15H28N2O2S/c1-2-16-11-12-17(15(19)14(16)18)10-8-6-4-3-5-7-9-13-20/h20H,2-13H2,1H3. The predicted octanol–water partition coefficient (Wildman–Crippen LogP) is 2.34. The van der Waals surface area contributed by atoms with Crippen LogP contribution in [-0.2, 0) is 9.59 Å². The molecule has 0 radical (unpaired) electrons. The summed E-state index contributed by atoms with van der Waals surface area (Å²) in [5.41, 5.74) is 0. The van der Waals surface area contributed by atoms with Crippen LogP contribution in [0, 0.1) is 0 Å². The summed E-state index contributed by atoms with van der Waals surface area (Å²) in [4.78, 5) is 26.9. The van der Waals surface area contributed by atoms with E-state index < -0.39 is 0 Å². The van der Waals surface area contributed by atoms with Crippen molar-refractivity contribution >= 4 is 24.4 Å². The number of thiol groups is 1. The van der Waals surface area contributed by atoms with Crippen LogP contribution in [0.4, 0.5) is 0 Å². The molecule has 4 nitrogen and oxygen atoms in total. The first kappa shape index (κ1) is 17.3. The van der Waals surface area contributed by atoms with Crippen LogP contribution in [-0.4, -0.2) is 53.5 Å². The van der Waals surface area contributed by atoms with Crippen LogP contribution in [0.15, 0.2) is 0 Å². The van der Waals surface area contributed by atoms with Gasteiger partial charge in [-0.05, 0) is 25.5 Å². The van der Waals surface area contributed by atoms with Crippen molar-refractivity contribution in [2.75, 3.05) is 31.9 Å². The molecule has 1 rings (SSSR count). The van der Waals surface area contributed by atoms with Gasteiger partial charge in [0.05, 0.1) is 0 Å². The molecule has 2 amide bonds. The Labute approximate surface area is 128 Å². The number of carbonyl (C=O) groups is 2. The molecule has 20 heavy (non-hydrogen) atoms. The molecule has 0 saturated carbocycles. The lowest BCUT2D eigenvalue weighted by Gasteiger charge is -2.33. The fourth-order valence-electron chi connectivity index (χ4n) is 2.53. The van der Waals surface area contributed by atoms with Crippen molar-refractivity contribution in [3.8, 4) is 0 Å². The Hall–Kier alpha value is -0.710. The average Bonchev–Trinajstić information content (AvgIpc) is 2.46. The number of nitrogens with zero attached hydrogens (tertiary/aromatic N) is 2. The monoisotopic (exact) mass is 300 g/mol. The van der Waals surface area contributed by atoms with Gasteiger partial charge >= 0.3 is 11.8 Å². The molecular weight excluding hydrogens is 272 g/mol. The van der Waals surface area contributed by atoms with Gasteiger partial charge in [-0.1, -0.05) is 32.1 Å². The molecule has 1 fully saturated rings. The Morgan fingerprint density at radius 1 is 0.850 bits per heavy atom. The van der Waals surface area contributed by atoms with E-state index in [2.05, 4.69) is 12.6 Å². The Balaban J connectivity index is 2.08. The number of piperazine rings is 1. The minimum atomic E-state index is -0.328. The zero-order valence-corrected chi connectivity index (χ0v) is 13.5. The summed E-state index contributed by atoms with van der Waals surface area (Å²) in [5.74, 6) is 0.345. The number of unbranched alkanes of at least 4 members (excludes halogenated alkanes) is 6. The third kappa shape index (κ3) is 5.73. The van der Waals surface area contributed by atoms with Gasteiger partial charge in [-0.3, -0.25) is 9.59 Å². The van der Waals surface area contributed by atoms with Crippen LogP contribution >= 0.6 is 12.6 Å². The van der Waals surface area contributed by atoms with E-state index in [0.29, 0.717) is 19.6 Å².